The molecular formula is C37H43N7O4. The van der Waals surface area contributed by atoms with E-state index in [9.17, 15) is 9.59 Å². The molecule has 0 radical (unpaired) electrons. The summed E-state index contributed by atoms with van der Waals surface area (Å²) in [7, 11) is 0. The normalized spacial score (nSPS) is 18.6. The van der Waals surface area contributed by atoms with E-state index in [0.717, 1.165) is 76.1 Å². The Labute approximate surface area is 280 Å². The van der Waals surface area contributed by atoms with Crippen molar-refractivity contribution in [2.75, 3.05) is 13.1 Å². The molecule has 2 aliphatic rings. The van der Waals surface area contributed by atoms with Gasteiger partial charge in [0.25, 0.3) is 0 Å². The van der Waals surface area contributed by atoms with Crippen LogP contribution in [0.25, 0.3) is 44.5 Å². The minimum absolute atomic E-state index is 0.130. The number of pyridine rings is 1. The van der Waals surface area contributed by atoms with Crippen molar-refractivity contribution < 1.29 is 19.1 Å². The number of aromatic nitrogens is 5. The van der Waals surface area contributed by atoms with Gasteiger partial charge in [0.15, 0.2) is 5.65 Å². The van der Waals surface area contributed by atoms with Crippen LogP contribution >= 0.6 is 0 Å². The molecule has 0 bridgehead atoms. The lowest BCUT2D eigenvalue weighted by atomic mass is 10.0. The molecular weight excluding hydrogens is 606 g/mol. The highest BCUT2D eigenvalue weighted by Gasteiger charge is 2.36. The molecule has 5 heterocycles. The Kier molecular flexibility index (Phi) is 7.88. The van der Waals surface area contributed by atoms with Gasteiger partial charge in [0.05, 0.1) is 35.2 Å². The number of imidazole rings is 2. The Hall–Kier alpha value is -4.93. The molecule has 2 aromatic carbocycles. The third-order valence-corrected chi connectivity index (χ3v) is 8.80. The summed E-state index contributed by atoms with van der Waals surface area (Å²) in [5.74, 6) is 1.51. The number of nitrogens with one attached hydrogen (secondary N) is 2. The number of likely N-dealkylation sites (tertiary alicyclic amines) is 2. The van der Waals surface area contributed by atoms with E-state index >= 15 is 0 Å². The molecule has 2 fully saturated rings. The van der Waals surface area contributed by atoms with Crippen molar-refractivity contribution in [2.24, 2.45) is 0 Å². The average Bonchev–Trinajstić information content (AvgIpc) is 3.84. The Morgan fingerprint density at radius 3 is 1.94 bits per heavy atom. The molecule has 0 saturated carbocycles. The van der Waals surface area contributed by atoms with Gasteiger partial charge < -0.3 is 19.4 Å². The van der Waals surface area contributed by atoms with Gasteiger partial charge >= 0.3 is 12.2 Å². The SMILES string of the molecule is CC(C)(C)OC(=O)N1CCC[C@H]1c1ncc(-c2ccc3cc(-c4ccc5[nH]c([C@@H]6CCCN6C(=O)OC(C)(C)C)nc5n4)ccc3c2)[nH]1. The number of carbonyl (C=O) groups is 2. The summed E-state index contributed by atoms with van der Waals surface area (Å²) in [6.07, 6.45) is 4.70. The third kappa shape index (κ3) is 6.46. The fourth-order valence-electron chi connectivity index (χ4n) is 6.64. The van der Waals surface area contributed by atoms with E-state index in [4.69, 9.17) is 19.4 Å². The summed E-state index contributed by atoms with van der Waals surface area (Å²) in [4.78, 5) is 50.5. The number of hydrogen-bond donors (Lipinski definition) is 2. The summed E-state index contributed by atoms with van der Waals surface area (Å²) >= 11 is 0. The smallest absolute Gasteiger partial charge is 0.410 e. The Balaban J connectivity index is 1.09. The first-order valence-electron chi connectivity index (χ1n) is 16.8. The highest BCUT2D eigenvalue weighted by molar-refractivity contribution is 5.90. The number of fused-ring (bicyclic) bond motifs is 2. The standard InChI is InChI=1S/C37H43N7O4/c1-36(2,3)47-34(45)43-17-7-9-29(43)32-38-21-28(41-32)25-14-12-22-19-24(13-11-23(22)20-25)26-15-16-27-31(39-26)42-33(40-27)30-10-8-18-44(30)35(46)48-37(4,5)6/h11-16,19-21,29-30H,7-10,17-18H2,1-6H3,(H,38,41)(H,39,40,42)/t29-,30-/m0/s1. The lowest BCUT2D eigenvalue weighted by Crippen LogP contribution is -2.36. The molecule has 2 amide bonds. The van der Waals surface area contributed by atoms with Gasteiger partial charge in [-0.1, -0.05) is 24.3 Å². The highest BCUT2D eigenvalue weighted by Crippen LogP contribution is 2.35. The fourth-order valence-corrected chi connectivity index (χ4v) is 6.64. The number of ether oxygens (including phenoxy) is 2. The second-order valence-corrected chi connectivity index (χ2v) is 14.8. The zero-order valence-electron chi connectivity index (χ0n) is 28.5. The average molecular weight is 650 g/mol. The van der Waals surface area contributed by atoms with Gasteiger partial charge in [-0.25, -0.2) is 24.5 Å². The number of aromatic amines is 2. The van der Waals surface area contributed by atoms with Gasteiger partial charge in [0.1, 0.15) is 22.9 Å². The molecule has 48 heavy (non-hydrogen) atoms. The second kappa shape index (κ2) is 11.9. The van der Waals surface area contributed by atoms with Crippen LogP contribution in [0.4, 0.5) is 9.59 Å². The fraction of sp³-hybridized carbons (Fsp3) is 0.432. The third-order valence-electron chi connectivity index (χ3n) is 8.80. The largest absolute Gasteiger partial charge is 0.444 e. The molecule has 0 spiro atoms. The van der Waals surface area contributed by atoms with Gasteiger partial charge in [0, 0.05) is 24.2 Å². The number of benzene rings is 2. The topological polar surface area (TPSA) is 129 Å². The predicted molar refractivity (Wildman–Crippen MR) is 184 cm³/mol. The molecule has 2 N–H and O–H groups in total. The van der Waals surface area contributed by atoms with Crippen molar-refractivity contribution in [3.8, 4) is 22.5 Å². The minimum Gasteiger partial charge on any atom is -0.444 e. The van der Waals surface area contributed by atoms with Crippen LogP contribution in [0.3, 0.4) is 0 Å². The van der Waals surface area contributed by atoms with Crippen LogP contribution in [0, 0.1) is 0 Å². The van der Waals surface area contributed by atoms with Crippen molar-refractivity contribution in [1.82, 2.24) is 34.7 Å². The molecule has 11 nitrogen and oxygen atoms in total. The quantitative estimate of drug-likeness (QED) is 0.200. The highest BCUT2D eigenvalue weighted by atomic mass is 16.6. The lowest BCUT2D eigenvalue weighted by Gasteiger charge is -2.27. The summed E-state index contributed by atoms with van der Waals surface area (Å²) in [5, 5.41) is 2.18. The van der Waals surface area contributed by atoms with Crippen LogP contribution < -0.4 is 0 Å². The first-order chi connectivity index (χ1) is 22.8. The van der Waals surface area contributed by atoms with Crippen LogP contribution in [0.5, 0.6) is 0 Å². The van der Waals surface area contributed by atoms with E-state index in [1.165, 1.54) is 0 Å². The summed E-state index contributed by atoms with van der Waals surface area (Å²) in [6.45, 7) is 12.6. The van der Waals surface area contributed by atoms with Crippen LogP contribution in [0.15, 0.2) is 54.7 Å². The van der Waals surface area contributed by atoms with Crippen molar-refractivity contribution in [3.05, 3.63) is 66.4 Å². The first kappa shape index (κ1) is 31.7. The number of nitrogens with zero attached hydrogens (tertiary/aromatic N) is 5. The van der Waals surface area contributed by atoms with E-state index in [0.29, 0.717) is 18.7 Å². The monoisotopic (exact) mass is 649 g/mol. The van der Waals surface area contributed by atoms with Gasteiger partial charge in [-0.2, -0.15) is 0 Å². The van der Waals surface area contributed by atoms with Crippen LogP contribution in [0.2, 0.25) is 0 Å². The summed E-state index contributed by atoms with van der Waals surface area (Å²) < 4.78 is 11.3. The zero-order valence-corrected chi connectivity index (χ0v) is 28.5. The van der Waals surface area contributed by atoms with Crippen LogP contribution in [-0.4, -0.2) is 71.2 Å². The number of H-pyrrole nitrogens is 2. The lowest BCUT2D eigenvalue weighted by molar-refractivity contribution is 0.0208. The Morgan fingerprint density at radius 1 is 0.729 bits per heavy atom. The van der Waals surface area contributed by atoms with Crippen molar-refractivity contribution in [3.63, 3.8) is 0 Å². The summed E-state index contributed by atoms with van der Waals surface area (Å²) in [6, 6.07) is 16.3. The van der Waals surface area contributed by atoms with E-state index in [1.807, 2.05) is 59.9 Å². The molecule has 5 aromatic rings. The van der Waals surface area contributed by atoms with Crippen LogP contribution in [-0.2, 0) is 9.47 Å². The van der Waals surface area contributed by atoms with E-state index < -0.39 is 11.2 Å². The van der Waals surface area contributed by atoms with Gasteiger partial charge in [-0.3, -0.25) is 9.80 Å². The molecule has 2 aliphatic heterocycles. The molecule has 11 heteroatoms. The first-order valence-corrected chi connectivity index (χ1v) is 16.8. The maximum Gasteiger partial charge on any atom is 0.410 e. The molecule has 2 atom stereocenters. The Morgan fingerprint density at radius 2 is 1.31 bits per heavy atom. The number of rotatable bonds is 4. The molecule has 3 aromatic heterocycles. The zero-order chi connectivity index (χ0) is 33.8. The van der Waals surface area contributed by atoms with Gasteiger partial charge in [-0.15, -0.1) is 0 Å². The Bertz CT molecular complexity index is 2000. The molecule has 2 saturated heterocycles. The molecule has 250 valence electrons. The summed E-state index contributed by atoms with van der Waals surface area (Å²) in [5.41, 5.74) is 4.10. The van der Waals surface area contributed by atoms with E-state index in [-0.39, 0.29) is 24.3 Å². The number of carbonyl (C=O) groups excluding carboxylic acids is 2. The van der Waals surface area contributed by atoms with Crippen LogP contribution in [0.1, 0.15) is 91.0 Å². The van der Waals surface area contributed by atoms with Crippen molar-refractivity contribution in [2.45, 2.75) is 90.5 Å². The number of hydrogen-bond acceptors (Lipinski definition) is 7. The molecule has 0 unspecified atom stereocenters. The minimum atomic E-state index is -0.555. The molecule has 7 rings (SSSR count). The van der Waals surface area contributed by atoms with Gasteiger partial charge in [-0.05, 0) is 102 Å². The maximum absolute atomic E-state index is 12.9. The second-order valence-electron chi connectivity index (χ2n) is 14.8. The van der Waals surface area contributed by atoms with Crippen molar-refractivity contribution >= 4 is 34.1 Å². The van der Waals surface area contributed by atoms with Gasteiger partial charge in [0.2, 0.25) is 0 Å². The van der Waals surface area contributed by atoms with Crippen molar-refractivity contribution in [1.29, 1.82) is 0 Å². The van der Waals surface area contributed by atoms with E-state index in [2.05, 4.69) is 51.4 Å². The number of amides is 2. The maximum atomic E-state index is 12.9. The van der Waals surface area contributed by atoms with E-state index in [1.54, 1.807) is 9.80 Å². The molecule has 0 aliphatic carbocycles. The predicted octanol–water partition coefficient (Wildman–Crippen LogP) is 8.31.